The van der Waals surface area contributed by atoms with Gasteiger partial charge in [0.25, 0.3) is 0 Å². The molecule has 3 heterocycles. The summed E-state index contributed by atoms with van der Waals surface area (Å²) < 4.78 is 14.8. The normalized spacial score (nSPS) is 15.8. The van der Waals surface area contributed by atoms with Crippen LogP contribution in [0.25, 0.3) is 11.1 Å². The van der Waals surface area contributed by atoms with Gasteiger partial charge in [0.2, 0.25) is 0 Å². The van der Waals surface area contributed by atoms with Crippen molar-refractivity contribution < 1.29 is 14.3 Å². The van der Waals surface area contributed by atoms with Gasteiger partial charge < -0.3 is 10.0 Å². The molecule has 1 fully saturated rings. The molecule has 2 aromatic rings. The molecule has 5 nitrogen and oxygen atoms in total. The minimum Gasteiger partial charge on any atom is -0.481 e. The highest BCUT2D eigenvalue weighted by atomic mass is 32.2. The number of hydrogen-bond donors (Lipinski definition) is 1. The lowest BCUT2D eigenvalue weighted by molar-refractivity contribution is -0.136. The minimum atomic E-state index is -0.896. The van der Waals surface area contributed by atoms with E-state index in [0.717, 1.165) is 55.8 Å². The number of nitrogens with zero attached hydrogens (tertiary/aromatic N) is 3. The van der Waals surface area contributed by atoms with E-state index in [9.17, 15) is 14.3 Å². The average Bonchev–Trinajstić information content (AvgIpc) is 2.71. The Hall–Kier alpha value is -2.15. The lowest BCUT2D eigenvalue weighted by Crippen LogP contribution is -2.38. The summed E-state index contributed by atoms with van der Waals surface area (Å²) in [5.41, 5.74) is 3.90. The van der Waals surface area contributed by atoms with Gasteiger partial charge in [0.15, 0.2) is 5.82 Å². The van der Waals surface area contributed by atoms with Crippen molar-refractivity contribution in [2.75, 3.05) is 23.7 Å². The highest BCUT2D eigenvalue weighted by Gasteiger charge is 2.29. The molecule has 1 saturated heterocycles. The van der Waals surface area contributed by atoms with Crippen LogP contribution in [0.2, 0.25) is 0 Å². The lowest BCUT2D eigenvalue weighted by atomic mass is 9.82. The van der Waals surface area contributed by atoms with E-state index in [1.807, 2.05) is 6.92 Å². The fourth-order valence-corrected chi connectivity index (χ4v) is 4.85. The van der Waals surface area contributed by atoms with E-state index < -0.39 is 5.97 Å². The first-order valence-corrected chi connectivity index (χ1v) is 11.9. The second-order valence-electron chi connectivity index (χ2n) is 9.02. The zero-order chi connectivity index (χ0) is 22.6. The van der Waals surface area contributed by atoms with E-state index in [1.165, 1.54) is 17.8 Å². The Kier molecular flexibility index (Phi) is 7.57. The van der Waals surface area contributed by atoms with Gasteiger partial charge in [0.1, 0.15) is 5.03 Å². The maximum atomic E-state index is 14.8. The summed E-state index contributed by atoms with van der Waals surface area (Å²) in [6.07, 6.45) is 7.41. The van der Waals surface area contributed by atoms with Crippen molar-refractivity contribution in [3.8, 4) is 11.1 Å². The number of aromatic nitrogens is 2. The molecule has 0 amide bonds. The molecule has 0 aliphatic carbocycles. The van der Waals surface area contributed by atoms with Gasteiger partial charge in [-0.05, 0) is 43.4 Å². The number of piperidine rings is 1. The highest BCUT2D eigenvalue weighted by Crippen LogP contribution is 2.40. The molecule has 0 unspecified atom stereocenters. The molecule has 1 aliphatic heterocycles. The number of thioether (sulfide) groups is 1. The van der Waals surface area contributed by atoms with Gasteiger partial charge in [-0.3, -0.25) is 9.78 Å². The summed E-state index contributed by atoms with van der Waals surface area (Å²) in [5.74, 6) is -0.402. The zero-order valence-electron chi connectivity index (χ0n) is 18.9. The Morgan fingerprint density at radius 1 is 1.26 bits per heavy atom. The first-order chi connectivity index (χ1) is 14.7. The van der Waals surface area contributed by atoms with Gasteiger partial charge in [0, 0.05) is 47.9 Å². The molecule has 0 aromatic carbocycles. The fraction of sp³-hybridized carbons (Fsp3) is 0.542. The number of rotatable bonds is 8. The van der Waals surface area contributed by atoms with Crippen molar-refractivity contribution in [2.45, 2.75) is 64.8 Å². The van der Waals surface area contributed by atoms with Gasteiger partial charge in [0.05, 0.1) is 12.1 Å². The van der Waals surface area contributed by atoms with Crippen LogP contribution in [-0.2, 0) is 11.2 Å². The summed E-state index contributed by atoms with van der Waals surface area (Å²) in [4.78, 5) is 22.7. The van der Waals surface area contributed by atoms with Gasteiger partial charge in [-0.15, -0.1) is 11.8 Å². The molecule has 0 bridgehead atoms. The van der Waals surface area contributed by atoms with Crippen LogP contribution >= 0.6 is 11.8 Å². The molecule has 3 rings (SSSR count). The molecule has 7 heteroatoms. The van der Waals surface area contributed by atoms with Gasteiger partial charge in [-0.2, -0.15) is 0 Å². The van der Waals surface area contributed by atoms with Crippen LogP contribution in [0, 0.1) is 18.2 Å². The number of aliphatic carboxylic acids is 1. The summed E-state index contributed by atoms with van der Waals surface area (Å²) >= 11 is 1.43. The maximum absolute atomic E-state index is 14.8. The number of hydrogen-bond acceptors (Lipinski definition) is 5. The highest BCUT2D eigenvalue weighted by molar-refractivity contribution is 7.99. The van der Waals surface area contributed by atoms with Crippen LogP contribution < -0.4 is 4.90 Å². The molecule has 1 aliphatic rings. The van der Waals surface area contributed by atoms with E-state index in [-0.39, 0.29) is 17.7 Å². The van der Waals surface area contributed by atoms with Crippen molar-refractivity contribution in [1.82, 2.24) is 9.97 Å². The number of aryl methyl sites for hydroxylation is 1. The van der Waals surface area contributed by atoms with Crippen molar-refractivity contribution in [1.29, 1.82) is 0 Å². The molecule has 2 aromatic heterocycles. The van der Waals surface area contributed by atoms with E-state index in [2.05, 4.69) is 35.6 Å². The molecule has 0 saturated carbocycles. The molecular formula is C24H32FN3O2S. The van der Waals surface area contributed by atoms with E-state index >= 15 is 0 Å². The number of carboxylic acid groups (broad SMARTS) is 1. The zero-order valence-corrected chi connectivity index (χ0v) is 19.7. The summed E-state index contributed by atoms with van der Waals surface area (Å²) in [7, 11) is 0. The quantitative estimate of drug-likeness (QED) is 0.413. The molecule has 0 atom stereocenters. The SMILES string of the molecule is CCCCSc1ncc(-c2cnc(C)c(CC(=O)O)c2N2CCC(C)(C)CC2)cc1F. The van der Waals surface area contributed by atoms with E-state index in [1.54, 1.807) is 12.4 Å². The van der Waals surface area contributed by atoms with Crippen molar-refractivity contribution in [2.24, 2.45) is 5.41 Å². The predicted molar refractivity (Wildman–Crippen MR) is 124 cm³/mol. The summed E-state index contributed by atoms with van der Waals surface area (Å²) in [5, 5.41) is 9.93. The third-order valence-electron chi connectivity index (χ3n) is 5.98. The number of unbranched alkanes of at least 4 members (excludes halogenated alkanes) is 1. The molecule has 31 heavy (non-hydrogen) atoms. The van der Waals surface area contributed by atoms with Crippen LogP contribution in [0.4, 0.5) is 10.1 Å². The monoisotopic (exact) mass is 445 g/mol. The molecule has 168 valence electrons. The van der Waals surface area contributed by atoms with Crippen LogP contribution in [0.5, 0.6) is 0 Å². The molecule has 1 N–H and O–H groups in total. The van der Waals surface area contributed by atoms with Crippen molar-refractivity contribution >= 4 is 23.4 Å². The Bertz CT molecular complexity index is 939. The van der Waals surface area contributed by atoms with Crippen molar-refractivity contribution in [3.63, 3.8) is 0 Å². The number of carboxylic acids is 1. The maximum Gasteiger partial charge on any atom is 0.307 e. The topological polar surface area (TPSA) is 66.3 Å². The summed E-state index contributed by atoms with van der Waals surface area (Å²) in [6, 6.07) is 1.51. The average molecular weight is 446 g/mol. The van der Waals surface area contributed by atoms with Crippen LogP contribution in [-0.4, -0.2) is 39.9 Å². The first-order valence-electron chi connectivity index (χ1n) is 11.0. The number of halogens is 1. The van der Waals surface area contributed by atoms with E-state index in [0.29, 0.717) is 21.8 Å². The first kappa shape index (κ1) is 23.5. The minimum absolute atomic E-state index is 0.108. The second kappa shape index (κ2) is 9.98. The van der Waals surface area contributed by atoms with Crippen LogP contribution in [0.3, 0.4) is 0 Å². The lowest BCUT2D eigenvalue weighted by Gasteiger charge is -2.40. The van der Waals surface area contributed by atoms with Crippen LogP contribution in [0.1, 0.15) is 57.7 Å². The largest absolute Gasteiger partial charge is 0.481 e. The number of carbonyl (C=O) groups is 1. The smallest absolute Gasteiger partial charge is 0.307 e. The van der Waals surface area contributed by atoms with Crippen molar-refractivity contribution in [3.05, 3.63) is 35.5 Å². The van der Waals surface area contributed by atoms with Gasteiger partial charge >= 0.3 is 5.97 Å². The number of pyridine rings is 2. The van der Waals surface area contributed by atoms with E-state index in [4.69, 9.17) is 0 Å². The molecular weight excluding hydrogens is 413 g/mol. The molecule has 0 spiro atoms. The Balaban J connectivity index is 2.03. The third kappa shape index (κ3) is 5.76. The Morgan fingerprint density at radius 3 is 2.58 bits per heavy atom. The standard InChI is InChI=1S/C24H32FN3O2S/c1-5-6-11-31-23-20(25)12-17(14-27-23)19-15-26-16(2)18(13-21(29)30)22(19)28-9-7-24(3,4)8-10-28/h12,14-15H,5-11,13H2,1-4H3,(H,29,30). The third-order valence-corrected chi connectivity index (χ3v) is 7.05. The predicted octanol–water partition coefficient (Wildman–Crippen LogP) is 5.74. The Morgan fingerprint density at radius 2 is 1.97 bits per heavy atom. The summed E-state index contributed by atoms with van der Waals surface area (Å²) in [6.45, 7) is 10.1. The molecule has 0 radical (unpaired) electrons. The number of anilines is 1. The van der Waals surface area contributed by atoms with Gasteiger partial charge in [-0.1, -0.05) is 27.2 Å². The van der Waals surface area contributed by atoms with Gasteiger partial charge in [-0.25, -0.2) is 9.37 Å². The second-order valence-corrected chi connectivity index (χ2v) is 10.1. The van der Waals surface area contributed by atoms with Crippen LogP contribution in [0.15, 0.2) is 23.5 Å². The Labute approximate surface area is 188 Å². The fourth-order valence-electron chi connectivity index (χ4n) is 3.90.